The molecule has 0 aliphatic heterocycles. The van der Waals surface area contributed by atoms with Crippen LogP contribution in [0.5, 0.6) is 0 Å². The second kappa shape index (κ2) is 3.79. The van der Waals surface area contributed by atoms with Gasteiger partial charge in [0.05, 0.1) is 5.56 Å². The van der Waals surface area contributed by atoms with Gasteiger partial charge in [0.1, 0.15) is 11.8 Å². The highest BCUT2D eigenvalue weighted by atomic mass is 16.4. The number of furan rings is 1. The van der Waals surface area contributed by atoms with E-state index in [2.05, 4.69) is 0 Å². The Balaban J connectivity index is 2.48. The lowest BCUT2D eigenvalue weighted by atomic mass is 10.0. The Morgan fingerprint density at radius 1 is 1.31 bits per heavy atom. The van der Waals surface area contributed by atoms with E-state index in [0.717, 1.165) is 0 Å². The smallest absolute Gasteiger partial charge is 0.328 e. The maximum Gasteiger partial charge on any atom is 0.328 e. The lowest BCUT2D eigenvalue weighted by molar-refractivity contribution is -0.137. The lowest BCUT2D eigenvalue weighted by Crippen LogP contribution is -2.38. The first-order chi connectivity index (χ1) is 7.61. The number of aliphatic carboxylic acids is 1. The standard InChI is InChI=1S/C11H9NO4/c12-9(11(14)15)10(13)7-5-16-8-4-2-1-3-6(7)8/h1-5,9H,12H2,(H,14,15). The van der Waals surface area contributed by atoms with Crippen molar-refractivity contribution in [2.45, 2.75) is 6.04 Å². The summed E-state index contributed by atoms with van der Waals surface area (Å²) in [5, 5.41) is 9.22. The highest BCUT2D eigenvalue weighted by Crippen LogP contribution is 2.21. The number of para-hydroxylation sites is 1. The van der Waals surface area contributed by atoms with Crippen LogP contribution in [0.2, 0.25) is 0 Å². The minimum atomic E-state index is -1.55. The summed E-state index contributed by atoms with van der Waals surface area (Å²) in [5.41, 5.74) is 5.98. The number of fused-ring (bicyclic) bond motifs is 1. The Morgan fingerprint density at radius 3 is 2.69 bits per heavy atom. The highest BCUT2D eigenvalue weighted by molar-refractivity contribution is 6.16. The molecule has 2 aromatic rings. The Bertz CT molecular complexity index is 558. The summed E-state index contributed by atoms with van der Waals surface area (Å²) >= 11 is 0. The number of ketones is 1. The number of Topliss-reactive ketones (excluding diaryl/α,β-unsaturated/α-hetero) is 1. The average Bonchev–Trinajstić information content (AvgIpc) is 2.70. The van der Waals surface area contributed by atoms with E-state index in [-0.39, 0.29) is 5.56 Å². The Labute approximate surface area is 90.5 Å². The number of nitrogens with two attached hydrogens (primary N) is 1. The molecule has 1 heterocycles. The van der Waals surface area contributed by atoms with E-state index >= 15 is 0 Å². The Morgan fingerprint density at radius 2 is 2.00 bits per heavy atom. The summed E-state index contributed by atoms with van der Waals surface area (Å²) < 4.78 is 5.13. The zero-order valence-corrected chi connectivity index (χ0v) is 8.21. The van der Waals surface area contributed by atoms with Gasteiger partial charge in [0, 0.05) is 5.39 Å². The number of carbonyl (C=O) groups excluding carboxylic acids is 1. The van der Waals surface area contributed by atoms with Gasteiger partial charge >= 0.3 is 5.97 Å². The first kappa shape index (κ1) is 10.4. The molecule has 1 unspecified atom stereocenters. The van der Waals surface area contributed by atoms with Gasteiger partial charge in [0.15, 0.2) is 11.8 Å². The number of carboxylic acids is 1. The SMILES string of the molecule is NC(C(=O)O)C(=O)c1coc2ccccc12. The zero-order valence-electron chi connectivity index (χ0n) is 8.21. The van der Waals surface area contributed by atoms with Gasteiger partial charge in [-0.1, -0.05) is 18.2 Å². The van der Waals surface area contributed by atoms with Gasteiger partial charge in [0.2, 0.25) is 0 Å². The van der Waals surface area contributed by atoms with E-state index < -0.39 is 17.8 Å². The van der Waals surface area contributed by atoms with E-state index in [1.807, 2.05) is 0 Å². The monoisotopic (exact) mass is 219 g/mol. The molecule has 3 N–H and O–H groups in total. The van der Waals surface area contributed by atoms with Gasteiger partial charge in [0.25, 0.3) is 0 Å². The van der Waals surface area contributed by atoms with Crippen LogP contribution in [0.4, 0.5) is 0 Å². The van der Waals surface area contributed by atoms with Crippen molar-refractivity contribution in [2.75, 3.05) is 0 Å². The van der Waals surface area contributed by atoms with E-state index in [0.29, 0.717) is 11.0 Å². The Hall–Kier alpha value is -2.14. The second-order valence-corrected chi connectivity index (χ2v) is 3.33. The normalized spacial score (nSPS) is 12.6. The van der Waals surface area contributed by atoms with E-state index in [4.69, 9.17) is 15.3 Å². The minimum absolute atomic E-state index is 0.200. The highest BCUT2D eigenvalue weighted by Gasteiger charge is 2.25. The molecule has 0 aliphatic rings. The molecule has 0 radical (unpaired) electrons. The lowest BCUT2D eigenvalue weighted by Gasteiger charge is -2.02. The molecule has 1 aromatic heterocycles. The largest absolute Gasteiger partial charge is 0.480 e. The summed E-state index contributed by atoms with van der Waals surface area (Å²) in [4.78, 5) is 22.3. The van der Waals surface area contributed by atoms with Gasteiger partial charge in [-0.15, -0.1) is 0 Å². The molecule has 0 saturated heterocycles. The summed E-state index contributed by atoms with van der Waals surface area (Å²) in [6.07, 6.45) is 1.23. The molecule has 1 atom stereocenters. The van der Waals surface area contributed by atoms with Crippen LogP contribution in [0.25, 0.3) is 11.0 Å². The summed E-state index contributed by atoms with van der Waals surface area (Å²) in [7, 11) is 0. The van der Waals surface area contributed by atoms with Crippen LogP contribution in [0.3, 0.4) is 0 Å². The first-order valence-electron chi connectivity index (χ1n) is 4.60. The maximum absolute atomic E-state index is 11.7. The number of carbonyl (C=O) groups is 2. The maximum atomic E-state index is 11.7. The number of carboxylic acid groups (broad SMARTS) is 1. The third kappa shape index (κ3) is 1.57. The fourth-order valence-electron chi connectivity index (χ4n) is 1.45. The quantitative estimate of drug-likeness (QED) is 0.594. The van der Waals surface area contributed by atoms with Crippen LogP contribution in [-0.4, -0.2) is 22.9 Å². The van der Waals surface area contributed by atoms with Crippen molar-refractivity contribution >= 4 is 22.7 Å². The van der Waals surface area contributed by atoms with Gasteiger partial charge in [-0.05, 0) is 6.07 Å². The number of hydrogen-bond donors (Lipinski definition) is 2. The van der Waals surface area contributed by atoms with Crippen LogP contribution >= 0.6 is 0 Å². The van der Waals surface area contributed by atoms with Crippen LogP contribution in [0.1, 0.15) is 10.4 Å². The van der Waals surface area contributed by atoms with Crippen molar-refractivity contribution in [3.63, 3.8) is 0 Å². The summed E-state index contributed by atoms with van der Waals surface area (Å²) in [6.45, 7) is 0. The molecular formula is C11H9NO4. The molecule has 16 heavy (non-hydrogen) atoms. The molecule has 0 bridgehead atoms. The zero-order chi connectivity index (χ0) is 11.7. The van der Waals surface area contributed by atoms with E-state index in [1.165, 1.54) is 6.26 Å². The Kier molecular flexibility index (Phi) is 2.46. The topological polar surface area (TPSA) is 93.5 Å². The molecule has 2 rings (SSSR count). The van der Waals surface area contributed by atoms with Crippen molar-refractivity contribution in [1.82, 2.24) is 0 Å². The third-order valence-corrected chi connectivity index (χ3v) is 2.29. The molecule has 5 heteroatoms. The molecule has 0 fully saturated rings. The summed E-state index contributed by atoms with van der Waals surface area (Å²) in [6, 6.07) is 5.32. The molecule has 5 nitrogen and oxygen atoms in total. The van der Waals surface area contributed by atoms with Crippen molar-refractivity contribution in [1.29, 1.82) is 0 Å². The molecule has 0 aliphatic carbocycles. The van der Waals surface area contributed by atoms with Gasteiger partial charge in [-0.3, -0.25) is 9.59 Å². The number of rotatable bonds is 3. The molecule has 0 amide bonds. The molecule has 0 spiro atoms. The van der Waals surface area contributed by atoms with Crippen molar-refractivity contribution in [2.24, 2.45) is 5.73 Å². The van der Waals surface area contributed by atoms with Crippen molar-refractivity contribution < 1.29 is 19.1 Å². The van der Waals surface area contributed by atoms with Gasteiger partial charge in [-0.2, -0.15) is 0 Å². The van der Waals surface area contributed by atoms with Crippen LogP contribution in [0.15, 0.2) is 34.9 Å². The molecule has 0 saturated carbocycles. The van der Waals surface area contributed by atoms with Crippen molar-refractivity contribution in [3.05, 3.63) is 36.1 Å². The van der Waals surface area contributed by atoms with Crippen LogP contribution in [-0.2, 0) is 4.79 Å². The fraction of sp³-hybridized carbons (Fsp3) is 0.0909. The second-order valence-electron chi connectivity index (χ2n) is 3.33. The molecule has 1 aromatic carbocycles. The summed E-state index contributed by atoms with van der Waals surface area (Å²) in [5.74, 6) is -2.01. The van der Waals surface area contributed by atoms with Crippen LogP contribution < -0.4 is 5.73 Å². The van der Waals surface area contributed by atoms with Gasteiger partial charge < -0.3 is 15.3 Å². The van der Waals surface area contributed by atoms with E-state index in [1.54, 1.807) is 24.3 Å². The average molecular weight is 219 g/mol. The number of hydrogen-bond acceptors (Lipinski definition) is 4. The minimum Gasteiger partial charge on any atom is -0.480 e. The molecular weight excluding hydrogens is 210 g/mol. The predicted molar refractivity (Wildman–Crippen MR) is 56.2 cm³/mol. The third-order valence-electron chi connectivity index (χ3n) is 2.29. The number of benzene rings is 1. The van der Waals surface area contributed by atoms with Gasteiger partial charge in [-0.25, -0.2) is 0 Å². The van der Waals surface area contributed by atoms with Crippen molar-refractivity contribution in [3.8, 4) is 0 Å². The van der Waals surface area contributed by atoms with E-state index in [9.17, 15) is 9.59 Å². The fourth-order valence-corrected chi connectivity index (χ4v) is 1.45. The molecule has 82 valence electrons. The predicted octanol–water partition coefficient (Wildman–Crippen LogP) is 1.03. The first-order valence-corrected chi connectivity index (χ1v) is 4.60. The van der Waals surface area contributed by atoms with Crippen LogP contribution in [0, 0.1) is 0 Å².